The van der Waals surface area contributed by atoms with Crippen LogP contribution < -0.4 is 5.32 Å². The van der Waals surface area contributed by atoms with Crippen LogP contribution in [0.1, 0.15) is 20.8 Å². The quantitative estimate of drug-likeness (QED) is 0.546. The Bertz CT molecular complexity index is 67.3. The third-order valence-electron chi connectivity index (χ3n) is 0.451. The van der Waals surface area contributed by atoms with E-state index in [2.05, 4.69) is 25.7 Å². The molecule has 0 heterocycles. The molecular weight excluding hydrogens is 112 g/mol. The second kappa shape index (κ2) is 10.2. The van der Waals surface area contributed by atoms with E-state index in [4.69, 9.17) is 5.41 Å². The van der Waals surface area contributed by atoms with E-state index in [-0.39, 0.29) is 0 Å². The topological polar surface area (TPSA) is 35.9 Å². The van der Waals surface area contributed by atoms with Crippen molar-refractivity contribution in [2.75, 3.05) is 0 Å². The van der Waals surface area contributed by atoms with Crippen molar-refractivity contribution in [3.63, 3.8) is 0 Å². The van der Waals surface area contributed by atoms with Gasteiger partial charge in [0.25, 0.3) is 0 Å². The molecule has 0 amide bonds. The molecule has 0 rings (SSSR count). The number of rotatable bonds is 2. The van der Waals surface area contributed by atoms with Crippen LogP contribution in [0, 0.1) is 5.41 Å². The molecule has 9 heavy (non-hydrogen) atoms. The summed E-state index contributed by atoms with van der Waals surface area (Å²) in [4.78, 5) is 0. The van der Waals surface area contributed by atoms with Crippen LogP contribution in [-0.4, -0.2) is 12.3 Å². The smallest absolute Gasteiger partial charge is 0.0199 e. The van der Waals surface area contributed by atoms with Gasteiger partial charge < -0.3 is 10.7 Å². The van der Waals surface area contributed by atoms with Crippen molar-refractivity contribution in [2.24, 2.45) is 0 Å². The van der Waals surface area contributed by atoms with Crippen molar-refractivity contribution in [1.29, 1.82) is 5.41 Å². The van der Waals surface area contributed by atoms with Gasteiger partial charge in [0.2, 0.25) is 0 Å². The summed E-state index contributed by atoms with van der Waals surface area (Å²) in [6.07, 6.45) is 2.95. The summed E-state index contributed by atoms with van der Waals surface area (Å²) in [5.41, 5.74) is 0. The van der Waals surface area contributed by atoms with Gasteiger partial charge >= 0.3 is 0 Å². The van der Waals surface area contributed by atoms with Crippen molar-refractivity contribution >= 4 is 6.21 Å². The van der Waals surface area contributed by atoms with Crippen molar-refractivity contribution in [2.45, 2.75) is 26.8 Å². The molecule has 0 aliphatic rings. The molecular formula is C7H16N2. The lowest BCUT2D eigenvalue weighted by Crippen LogP contribution is -2.14. The average Bonchev–Trinajstić information content (AvgIpc) is 1.67. The molecule has 54 valence electrons. The molecule has 0 fully saturated rings. The Balaban J connectivity index is 0. The van der Waals surface area contributed by atoms with Gasteiger partial charge in [-0.25, -0.2) is 0 Å². The third-order valence-corrected chi connectivity index (χ3v) is 0.451. The predicted molar refractivity (Wildman–Crippen MR) is 42.9 cm³/mol. The first-order chi connectivity index (χ1) is 4.18. The fourth-order valence-electron chi connectivity index (χ4n) is 0.236. The monoisotopic (exact) mass is 128 g/mol. The minimum atomic E-state index is 0.530. The minimum Gasteiger partial charge on any atom is -0.389 e. The number of nitrogens with one attached hydrogen (secondary N) is 2. The van der Waals surface area contributed by atoms with Gasteiger partial charge in [0, 0.05) is 6.04 Å². The highest BCUT2D eigenvalue weighted by Gasteiger charge is 1.78. The maximum atomic E-state index is 6.08. The van der Waals surface area contributed by atoms with Crippen LogP contribution in [0.3, 0.4) is 0 Å². The Morgan fingerprint density at radius 3 is 1.89 bits per heavy atom. The molecule has 2 heteroatoms. The summed E-state index contributed by atoms with van der Waals surface area (Å²) in [7, 11) is 0. The van der Waals surface area contributed by atoms with Crippen LogP contribution in [0.2, 0.25) is 0 Å². The summed E-state index contributed by atoms with van der Waals surface area (Å²) in [5.74, 6) is 0. The van der Waals surface area contributed by atoms with Crippen LogP contribution in [0.4, 0.5) is 0 Å². The second-order valence-electron chi connectivity index (χ2n) is 1.81. The van der Waals surface area contributed by atoms with E-state index < -0.39 is 0 Å². The first-order valence-electron chi connectivity index (χ1n) is 3.01. The molecule has 0 unspecified atom stereocenters. The summed E-state index contributed by atoms with van der Waals surface area (Å²) in [5, 5.41) is 9.06. The largest absolute Gasteiger partial charge is 0.389 e. The van der Waals surface area contributed by atoms with Crippen molar-refractivity contribution in [1.82, 2.24) is 5.32 Å². The molecule has 0 saturated heterocycles. The fraction of sp³-hybridized carbons (Fsp3) is 0.571. The molecule has 0 atom stereocenters. The van der Waals surface area contributed by atoms with E-state index in [9.17, 15) is 0 Å². The molecule has 0 bridgehead atoms. The first-order valence-corrected chi connectivity index (χ1v) is 3.01. The lowest BCUT2D eigenvalue weighted by atomic mass is 10.4. The molecule has 0 saturated carbocycles. The van der Waals surface area contributed by atoms with Crippen molar-refractivity contribution in [3.8, 4) is 0 Å². The van der Waals surface area contributed by atoms with Crippen LogP contribution >= 0.6 is 0 Å². The van der Waals surface area contributed by atoms with Gasteiger partial charge in [-0.2, -0.15) is 0 Å². The molecule has 0 aromatic rings. The van der Waals surface area contributed by atoms with E-state index in [0.717, 1.165) is 0 Å². The minimum absolute atomic E-state index is 0.530. The Kier molecular flexibility index (Phi) is 12.6. The SMILES string of the molecule is C=CNC(C)C.CC=N. The van der Waals surface area contributed by atoms with Crippen LogP contribution in [0.5, 0.6) is 0 Å². The maximum Gasteiger partial charge on any atom is 0.0199 e. The lowest BCUT2D eigenvalue weighted by molar-refractivity contribution is 0.704. The Hall–Kier alpha value is -0.790. The Morgan fingerprint density at radius 1 is 1.56 bits per heavy atom. The average molecular weight is 128 g/mol. The molecule has 0 aliphatic carbocycles. The number of hydrogen-bond donors (Lipinski definition) is 2. The summed E-state index contributed by atoms with van der Waals surface area (Å²) in [6.45, 7) is 9.30. The highest BCUT2D eigenvalue weighted by molar-refractivity contribution is 5.48. The van der Waals surface area contributed by atoms with Gasteiger partial charge in [0.15, 0.2) is 0 Å². The predicted octanol–water partition coefficient (Wildman–Crippen LogP) is 1.78. The van der Waals surface area contributed by atoms with Crippen LogP contribution in [-0.2, 0) is 0 Å². The lowest BCUT2D eigenvalue weighted by Gasteiger charge is -1.99. The molecule has 2 nitrogen and oxygen atoms in total. The standard InChI is InChI=1S/C5H11N.C2H5N/c1-4-6-5(2)3;1-2-3/h4-6H,1H2,2-3H3;2-3H,1H3. The summed E-state index contributed by atoms with van der Waals surface area (Å²) >= 11 is 0. The number of hydrogen-bond acceptors (Lipinski definition) is 2. The summed E-state index contributed by atoms with van der Waals surface area (Å²) < 4.78 is 0. The fourth-order valence-corrected chi connectivity index (χ4v) is 0.236. The van der Waals surface area contributed by atoms with E-state index >= 15 is 0 Å². The highest BCUT2D eigenvalue weighted by atomic mass is 14.9. The van der Waals surface area contributed by atoms with E-state index in [1.165, 1.54) is 6.21 Å². The van der Waals surface area contributed by atoms with E-state index in [1.54, 1.807) is 13.1 Å². The third kappa shape index (κ3) is 40.1. The van der Waals surface area contributed by atoms with Gasteiger partial charge in [-0.3, -0.25) is 0 Å². The first kappa shape index (κ1) is 11.1. The van der Waals surface area contributed by atoms with Crippen LogP contribution in [0.15, 0.2) is 12.8 Å². The zero-order chi connectivity index (χ0) is 7.70. The Labute approximate surface area is 57.5 Å². The van der Waals surface area contributed by atoms with Crippen LogP contribution in [0.25, 0.3) is 0 Å². The normalized spacial score (nSPS) is 7.11. The van der Waals surface area contributed by atoms with E-state index in [0.29, 0.717) is 6.04 Å². The van der Waals surface area contributed by atoms with E-state index in [1.807, 2.05) is 0 Å². The molecule has 0 aromatic carbocycles. The molecule has 0 spiro atoms. The maximum absolute atomic E-state index is 6.08. The van der Waals surface area contributed by atoms with Gasteiger partial charge in [-0.05, 0) is 33.2 Å². The molecule has 0 aliphatic heterocycles. The van der Waals surface area contributed by atoms with Crippen molar-refractivity contribution in [3.05, 3.63) is 12.8 Å². The molecule has 0 aromatic heterocycles. The highest BCUT2D eigenvalue weighted by Crippen LogP contribution is 1.71. The zero-order valence-electron chi connectivity index (χ0n) is 6.44. The van der Waals surface area contributed by atoms with Gasteiger partial charge in [0.05, 0.1) is 0 Å². The Morgan fingerprint density at radius 2 is 1.89 bits per heavy atom. The summed E-state index contributed by atoms with van der Waals surface area (Å²) in [6, 6.07) is 0.530. The van der Waals surface area contributed by atoms with Gasteiger partial charge in [-0.1, -0.05) is 6.58 Å². The van der Waals surface area contributed by atoms with Gasteiger partial charge in [-0.15, -0.1) is 0 Å². The molecule has 0 radical (unpaired) electrons. The zero-order valence-corrected chi connectivity index (χ0v) is 6.44. The van der Waals surface area contributed by atoms with Crippen molar-refractivity contribution < 1.29 is 0 Å². The van der Waals surface area contributed by atoms with Gasteiger partial charge in [0.1, 0.15) is 0 Å². The second-order valence-corrected chi connectivity index (χ2v) is 1.81. The molecule has 2 N–H and O–H groups in total.